The van der Waals surface area contributed by atoms with Gasteiger partial charge >= 0.3 is 18.0 Å². The quantitative estimate of drug-likeness (QED) is 0.566. The van der Waals surface area contributed by atoms with Gasteiger partial charge in [-0.3, -0.25) is 0 Å². The van der Waals surface area contributed by atoms with Crippen molar-refractivity contribution in [2.24, 2.45) is 0 Å². The number of nitrogens with one attached hydrogen (secondary N) is 1. The number of nitrogens with zero attached hydrogens (tertiary/aromatic N) is 1. The van der Waals surface area contributed by atoms with Gasteiger partial charge in [-0.05, 0) is 63.1 Å². The van der Waals surface area contributed by atoms with E-state index in [-0.39, 0.29) is 17.8 Å². The molecule has 1 amide bonds. The molecule has 8 nitrogen and oxygen atoms in total. The van der Waals surface area contributed by atoms with Crippen molar-refractivity contribution in [3.8, 4) is 0 Å². The number of carbonyl (C=O) groups excluding carboxylic acids is 3. The summed E-state index contributed by atoms with van der Waals surface area (Å²) in [5, 5.41) is 2.72. The normalized spacial score (nSPS) is 13.5. The second kappa shape index (κ2) is 9.97. The first-order valence-electron chi connectivity index (χ1n) is 9.68. The van der Waals surface area contributed by atoms with Crippen LogP contribution < -0.4 is 10.2 Å². The minimum atomic E-state index is -0.688. The SMILES string of the molecule is COC(=O)C1=C(C(=O)OC)N(c2cc(C)cc(CNC(=O)OC(C)(C)C)c2)C=CC=C1. The Morgan fingerprint density at radius 2 is 1.68 bits per heavy atom. The summed E-state index contributed by atoms with van der Waals surface area (Å²) in [5.41, 5.74) is 1.78. The molecular formula is C23H28N2O6. The molecule has 1 heterocycles. The Hall–Kier alpha value is -3.55. The number of anilines is 1. The first-order chi connectivity index (χ1) is 14.6. The van der Waals surface area contributed by atoms with E-state index in [0.717, 1.165) is 11.1 Å². The summed E-state index contributed by atoms with van der Waals surface area (Å²) < 4.78 is 15.0. The van der Waals surface area contributed by atoms with E-state index >= 15 is 0 Å². The van der Waals surface area contributed by atoms with Crippen LogP contribution in [0, 0.1) is 6.92 Å². The molecule has 0 saturated carbocycles. The second-order valence-corrected chi connectivity index (χ2v) is 7.85. The average Bonchev–Trinajstić information content (AvgIpc) is 2.92. The van der Waals surface area contributed by atoms with Crippen molar-refractivity contribution in [1.29, 1.82) is 0 Å². The first kappa shape index (κ1) is 23.7. The van der Waals surface area contributed by atoms with E-state index < -0.39 is 23.6 Å². The van der Waals surface area contributed by atoms with Crippen molar-refractivity contribution in [2.75, 3.05) is 19.1 Å². The largest absolute Gasteiger partial charge is 0.465 e. The van der Waals surface area contributed by atoms with Crippen LogP contribution in [0.5, 0.6) is 0 Å². The Morgan fingerprint density at radius 1 is 1.00 bits per heavy atom. The number of hydrogen-bond acceptors (Lipinski definition) is 7. The van der Waals surface area contributed by atoms with E-state index in [9.17, 15) is 14.4 Å². The van der Waals surface area contributed by atoms with Gasteiger partial charge in [-0.15, -0.1) is 0 Å². The highest BCUT2D eigenvalue weighted by Gasteiger charge is 2.27. The number of hydrogen-bond donors (Lipinski definition) is 1. The molecule has 31 heavy (non-hydrogen) atoms. The lowest BCUT2D eigenvalue weighted by atomic mass is 10.1. The third-order valence-electron chi connectivity index (χ3n) is 4.13. The van der Waals surface area contributed by atoms with E-state index in [1.54, 1.807) is 50.1 Å². The average molecular weight is 428 g/mol. The molecule has 0 aliphatic carbocycles. The van der Waals surface area contributed by atoms with E-state index in [1.165, 1.54) is 20.3 Å². The molecule has 1 N–H and O–H groups in total. The van der Waals surface area contributed by atoms with Crippen LogP contribution in [0.15, 0.2) is 53.9 Å². The van der Waals surface area contributed by atoms with Gasteiger partial charge in [0, 0.05) is 18.4 Å². The highest BCUT2D eigenvalue weighted by molar-refractivity contribution is 6.05. The molecule has 8 heteroatoms. The molecule has 0 fully saturated rings. The van der Waals surface area contributed by atoms with Crippen LogP contribution in [0.4, 0.5) is 10.5 Å². The standard InChI is InChI=1S/C23H28N2O6/c1-15-11-16(14-24-22(28)31-23(2,3)4)13-17(12-15)25-10-8-7-9-18(20(26)29-5)19(25)21(27)30-6/h7-13H,14H2,1-6H3,(H,24,28). The van der Waals surface area contributed by atoms with Gasteiger partial charge in [-0.25, -0.2) is 14.4 Å². The van der Waals surface area contributed by atoms with Gasteiger partial charge in [0.05, 0.1) is 19.8 Å². The Bertz CT molecular complexity index is 953. The van der Waals surface area contributed by atoms with Gasteiger partial charge in [0.1, 0.15) is 11.3 Å². The van der Waals surface area contributed by atoms with E-state index in [2.05, 4.69) is 5.32 Å². The van der Waals surface area contributed by atoms with Crippen LogP contribution in [0.1, 0.15) is 31.9 Å². The molecule has 0 aromatic heterocycles. The number of esters is 2. The summed E-state index contributed by atoms with van der Waals surface area (Å²) in [7, 11) is 2.49. The zero-order chi connectivity index (χ0) is 23.2. The highest BCUT2D eigenvalue weighted by Crippen LogP contribution is 2.28. The second-order valence-electron chi connectivity index (χ2n) is 7.85. The van der Waals surface area contributed by atoms with Crippen LogP contribution in [0.2, 0.25) is 0 Å². The van der Waals surface area contributed by atoms with E-state index in [1.807, 2.05) is 19.1 Å². The lowest BCUT2D eigenvalue weighted by Gasteiger charge is -2.24. The number of carbonyl (C=O) groups is 3. The Labute approximate surface area is 182 Å². The highest BCUT2D eigenvalue weighted by atomic mass is 16.6. The van der Waals surface area contributed by atoms with Crippen LogP contribution in [0.3, 0.4) is 0 Å². The Morgan fingerprint density at radius 3 is 2.29 bits per heavy atom. The smallest absolute Gasteiger partial charge is 0.407 e. The summed E-state index contributed by atoms with van der Waals surface area (Å²) >= 11 is 0. The summed E-state index contributed by atoms with van der Waals surface area (Å²) in [5.74, 6) is -1.35. The molecule has 1 aliphatic heterocycles. The zero-order valence-electron chi connectivity index (χ0n) is 18.6. The fourth-order valence-corrected chi connectivity index (χ4v) is 2.94. The minimum absolute atomic E-state index is 0.0241. The molecule has 166 valence electrons. The summed E-state index contributed by atoms with van der Waals surface area (Å²) in [6, 6.07) is 5.56. The molecular weight excluding hydrogens is 400 g/mol. The Balaban J connectivity index is 2.42. The maximum Gasteiger partial charge on any atom is 0.407 e. The third kappa shape index (κ3) is 6.47. The molecule has 0 spiro atoms. The van der Waals surface area contributed by atoms with Gasteiger partial charge in [0.2, 0.25) is 0 Å². The van der Waals surface area contributed by atoms with Crippen molar-refractivity contribution in [2.45, 2.75) is 39.8 Å². The van der Waals surface area contributed by atoms with Crippen LogP contribution >= 0.6 is 0 Å². The monoisotopic (exact) mass is 428 g/mol. The van der Waals surface area contributed by atoms with Gasteiger partial charge in [0.15, 0.2) is 0 Å². The van der Waals surface area contributed by atoms with Gasteiger partial charge in [-0.1, -0.05) is 12.1 Å². The van der Waals surface area contributed by atoms with Gasteiger partial charge in [0.25, 0.3) is 0 Å². The first-order valence-corrected chi connectivity index (χ1v) is 9.68. The van der Waals surface area contributed by atoms with Gasteiger partial charge in [-0.2, -0.15) is 0 Å². The predicted molar refractivity (Wildman–Crippen MR) is 116 cm³/mol. The van der Waals surface area contributed by atoms with Crippen LogP contribution in [0.25, 0.3) is 0 Å². The van der Waals surface area contributed by atoms with E-state index in [4.69, 9.17) is 14.2 Å². The number of benzene rings is 1. The lowest BCUT2D eigenvalue weighted by molar-refractivity contribution is -0.139. The predicted octanol–water partition coefficient (Wildman–Crippen LogP) is 3.51. The zero-order valence-corrected chi connectivity index (χ0v) is 18.6. The molecule has 2 rings (SSSR count). The van der Waals surface area contributed by atoms with Crippen LogP contribution in [-0.4, -0.2) is 37.9 Å². The number of ether oxygens (including phenoxy) is 3. The number of methoxy groups -OCH3 is 2. The topological polar surface area (TPSA) is 94.2 Å². The van der Waals surface area contributed by atoms with Gasteiger partial charge < -0.3 is 24.4 Å². The van der Waals surface area contributed by atoms with E-state index in [0.29, 0.717) is 5.69 Å². The van der Waals surface area contributed by atoms with Crippen LogP contribution in [-0.2, 0) is 30.3 Å². The van der Waals surface area contributed by atoms with Crippen molar-refractivity contribution in [3.05, 3.63) is 65.0 Å². The summed E-state index contributed by atoms with van der Waals surface area (Å²) in [4.78, 5) is 38.4. The molecule has 1 aromatic rings. The minimum Gasteiger partial charge on any atom is -0.465 e. The summed E-state index contributed by atoms with van der Waals surface area (Å²) in [6.07, 6.45) is 5.95. The number of aryl methyl sites for hydroxylation is 1. The number of rotatable bonds is 5. The maximum absolute atomic E-state index is 12.6. The third-order valence-corrected chi connectivity index (χ3v) is 4.13. The molecule has 1 aromatic carbocycles. The number of alkyl carbamates (subject to hydrolysis) is 1. The molecule has 1 aliphatic rings. The van der Waals surface area contributed by atoms with Crippen molar-refractivity contribution in [1.82, 2.24) is 5.32 Å². The molecule has 0 atom stereocenters. The van der Waals surface area contributed by atoms with Crippen molar-refractivity contribution < 1.29 is 28.6 Å². The number of amides is 1. The molecule has 0 saturated heterocycles. The fraction of sp³-hybridized carbons (Fsp3) is 0.348. The fourth-order valence-electron chi connectivity index (χ4n) is 2.94. The van der Waals surface area contributed by atoms with Crippen molar-refractivity contribution >= 4 is 23.7 Å². The lowest BCUT2D eigenvalue weighted by Crippen LogP contribution is -2.32. The molecule has 0 radical (unpaired) electrons. The van der Waals surface area contributed by atoms with Crippen molar-refractivity contribution in [3.63, 3.8) is 0 Å². The Kier molecular flexibility index (Phi) is 7.63. The summed E-state index contributed by atoms with van der Waals surface area (Å²) in [6.45, 7) is 7.48. The number of allylic oxidation sites excluding steroid dienone is 2. The molecule has 0 unspecified atom stereocenters. The molecule has 0 bridgehead atoms. The maximum atomic E-state index is 12.6.